The van der Waals surface area contributed by atoms with Gasteiger partial charge in [-0.1, -0.05) is 12.5 Å². The fraction of sp³-hybridized carbons (Fsp3) is 0.444. The van der Waals surface area contributed by atoms with Gasteiger partial charge in [-0.3, -0.25) is 9.69 Å². The molecule has 0 radical (unpaired) electrons. The van der Waals surface area contributed by atoms with Crippen molar-refractivity contribution in [2.45, 2.75) is 57.5 Å². The Bertz CT molecular complexity index is 1300. The number of benzene rings is 2. The molecule has 9 heteroatoms. The van der Waals surface area contributed by atoms with Crippen molar-refractivity contribution in [1.29, 1.82) is 0 Å². The van der Waals surface area contributed by atoms with Crippen molar-refractivity contribution < 1.29 is 24.2 Å². The quantitative estimate of drug-likeness (QED) is 0.484. The summed E-state index contributed by atoms with van der Waals surface area (Å²) in [5, 5.41) is 13.2. The number of aryl methyl sites for hydroxylation is 1. The average Bonchev–Trinajstić information content (AvgIpc) is 3.26. The molecule has 0 spiro atoms. The van der Waals surface area contributed by atoms with Crippen LogP contribution in [0.25, 0.3) is 11.0 Å². The fourth-order valence-electron chi connectivity index (χ4n) is 5.69. The standard InChI is InChI=1S/C27H32N4O5/c1-16-10-11-21-22(30(16)27(34)36-3)12-13-23-24(21)29-26(28-18-7-5-9-20(15-18)35-2)31(23)19-8-4-6-17(14-19)25(32)33/h5,7,9,12-13,15-17,19H,4,6,8,10-11,14H2,1-3H3,(H,28,29)(H,32,33)/t16-,17+,19+/m0/s1. The van der Waals surface area contributed by atoms with Gasteiger partial charge in [-0.05, 0) is 63.3 Å². The maximum Gasteiger partial charge on any atom is 0.414 e. The van der Waals surface area contributed by atoms with Crippen LogP contribution in [0, 0.1) is 5.92 Å². The molecule has 0 saturated heterocycles. The van der Waals surface area contributed by atoms with Crippen molar-refractivity contribution in [3.8, 4) is 5.75 Å². The second-order valence-corrected chi connectivity index (χ2v) is 9.68. The normalized spacial score (nSPS) is 21.6. The van der Waals surface area contributed by atoms with Gasteiger partial charge in [0.05, 0.1) is 36.9 Å². The Kier molecular flexibility index (Phi) is 6.47. The molecule has 1 amide bonds. The molecule has 2 aromatic carbocycles. The molecule has 2 aliphatic rings. The molecule has 1 fully saturated rings. The number of rotatable bonds is 5. The Labute approximate surface area is 210 Å². The van der Waals surface area contributed by atoms with E-state index in [9.17, 15) is 14.7 Å². The molecule has 5 rings (SSSR count). The number of nitrogens with zero attached hydrogens (tertiary/aromatic N) is 3. The SMILES string of the molecule is COC(=O)N1c2ccc3c(nc(Nc4cccc(OC)c4)n3[C@@H]3CCC[C@@H](C(=O)O)C3)c2CC[C@@H]1C. The third-order valence-electron chi connectivity index (χ3n) is 7.51. The first-order valence-electron chi connectivity index (χ1n) is 12.5. The van der Waals surface area contributed by atoms with E-state index >= 15 is 0 Å². The molecule has 0 unspecified atom stereocenters. The maximum atomic E-state index is 12.6. The predicted molar refractivity (Wildman–Crippen MR) is 137 cm³/mol. The van der Waals surface area contributed by atoms with Gasteiger partial charge in [-0.15, -0.1) is 0 Å². The number of fused-ring (bicyclic) bond motifs is 3. The molecule has 1 aliphatic carbocycles. The molecular formula is C27H32N4O5. The summed E-state index contributed by atoms with van der Waals surface area (Å²) >= 11 is 0. The van der Waals surface area contributed by atoms with Crippen molar-refractivity contribution in [3.63, 3.8) is 0 Å². The number of carbonyl (C=O) groups is 2. The summed E-state index contributed by atoms with van der Waals surface area (Å²) in [6, 6.07) is 11.6. The van der Waals surface area contributed by atoms with E-state index in [-0.39, 0.29) is 24.1 Å². The van der Waals surface area contributed by atoms with Crippen molar-refractivity contribution in [1.82, 2.24) is 9.55 Å². The number of carbonyl (C=O) groups excluding carboxylic acids is 1. The topological polar surface area (TPSA) is 106 Å². The Morgan fingerprint density at radius 3 is 2.72 bits per heavy atom. The van der Waals surface area contributed by atoms with Gasteiger partial charge in [-0.25, -0.2) is 9.78 Å². The van der Waals surface area contributed by atoms with Crippen molar-refractivity contribution in [2.75, 3.05) is 24.4 Å². The Morgan fingerprint density at radius 2 is 1.97 bits per heavy atom. The minimum absolute atomic E-state index is 0.00441. The van der Waals surface area contributed by atoms with Gasteiger partial charge >= 0.3 is 12.1 Å². The van der Waals surface area contributed by atoms with Crippen LogP contribution >= 0.6 is 0 Å². The summed E-state index contributed by atoms with van der Waals surface area (Å²) in [5.41, 5.74) is 4.42. The number of anilines is 3. The number of aromatic nitrogens is 2. The van der Waals surface area contributed by atoms with Crippen LogP contribution in [0.5, 0.6) is 5.75 Å². The van der Waals surface area contributed by atoms with E-state index in [0.717, 1.165) is 59.4 Å². The lowest BCUT2D eigenvalue weighted by Gasteiger charge is -2.34. The number of amides is 1. The highest BCUT2D eigenvalue weighted by molar-refractivity contribution is 5.96. The van der Waals surface area contributed by atoms with Gasteiger partial charge in [0.2, 0.25) is 5.95 Å². The van der Waals surface area contributed by atoms with Gasteiger partial charge in [0.1, 0.15) is 5.75 Å². The van der Waals surface area contributed by atoms with Crippen LogP contribution in [0.1, 0.15) is 50.6 Å². The van der Waals surface area contributed by atoms with Crippen LogP contribution in [0.3, 0.4) is 0 Å². The summed E-state index contributed by atoms with van der Waals surface area (Å²) < 4.78 is 12.6. The van der Waals surface area contributed by atoms with Crippen LogP contribution in [0.4, 0.5) is 22.1 Å². The first-order valence-corrected chi connectivity index (χ1v) is 12.5. The van der Waals surface area contributed by atoms with Gasteiger partial charge in [-0.2, -0.15) is 0 Å². The van der Waals surface area contributed by atoms with E-state index in [1.807, 2.05) is 43.3 Å². The molecule has 0 bridgehead atoms. The molecule has 1 aliphatic heterocycles. The number of hydrogen-bond acceptors (Lipinski definition) is 6. The Balaban J connectivity index is 1.65. The first-order chi connectivity index (χ1) is 17.4. The van der Waals surface area contributed by atoms with E-state index in [1.165, 1.54) is 7.11 Å². The monoisotopic (exact) mass is 492 g/mol. The number of nitrogens with one attached hydrogen (secondary N) is 1. The smallest absolute Gasteiger partial charge is 0.414 e. The molecular weight excluding hydrogens is 460 g/mol. The lowest BCUT2D eigenvalue weighted by Crippen LogP contribution is -2.42. The second kappa shape index (κ2) is 9.72. The van der Waals surface area contributed by atoms with Gasteiger partial charge in [0.15, 0.2) is 0 Å². The van der Waals surface area contributed by atoms with E-state index in [0.29, 0.717) is 18.8 Å². The summed E-state index contributed by atoms with van der Waals surface area (Å²) in [4.78, 5) is 31.2. The molecule has 1 saturated carbocycles. The van der Waals surface area contributed by atoms with Gasteiger partial charge < -0.3 is 24.5 Å². The lowest BCUT2D eigenvalue weighted by atomic mass is 9.85. The summed E-state index contributed by atoms with van der Waals surface area (Å²) in [6.07, 6.45) is 4.18. The molecule has 36 heavy (non-hydrogen) atoms. The largest absolute Gasteiger partial charge is 0.497 e. The minimum Gasteiger partial charge on any atom is -0.497 e. The number of carboxylic acids is 1. The third kappa shape index (κ3) is 4.23. The molecule has 3 aromatic rings. The predicted octanol–water partition coefficient (Wildman–Crippen LogP) is 5.51. The van der Waals surface area contributed by atoms with E-state index in [4.69, 9.17) is 14.5 Å². The second-order valence-electron chi connectivity index (χ2n) is 9.68. The highest BCUT2D eigenvalue weighted by Crippen LogP contribution is 2.42. The van der Waals surface area contributed by atoms with E-state index < -0.39 is 5.97 Å². The van der Waals surface area contributed by atoms with Crippen LogP contribution in [-0.2, 0) is 16.0 Å². The number of aliphatic carboxylic acids is 1. The maximum absolute atomic E-state index is 12.6. The molecule has 2 N–H and O–H groups in total. The lowest BCUT2D eigenvalue weighted by molar-refractivity contribution is -0.143. The number of ether oxygens (including phenoxy) is 2. The molecule has 3 atom stereocenters. The summed E-state index contributed by atoms with van der Waals surface area (Å²) in [5.74, 6) is 0.267. The Morgan fingerprint density at radius 1 is 1.14 bits per heavy atom. The average molecular weight is 493 g/mol. The fourth-order valence-corrected chi connectivity index (χ4v) is 5.69. The van der Waals surface area contributed by atoms with E-state index in [1.54, 1.807) is 12.0 Å². The molecule has 2 heterocycles. The summed E-state index contributed by atoms with van der Waals surface area (Å²) in [7, 11) is 3.03. The highest BCUT2D eigenvalue weighted by Gasteiger charge is 2.34. The van der Waals surface area contributed by atoms with Crippen LogP contribution in [-0.4, -0.2) is 47.0 Å². The first kappa shape index (κ1) is 24.0. The van der Waals surface area contributed by atoms with Gasteiger partial charge in [0, 0.05) is 29.4 Å². The molecule has 1 aromatic heterocycles. The third-order valence-corrected chi connectivity index (χ3v) is 7.51. The van der Waals surface area contributed by atoms with Crippen molar-refractivity contribution in [2.24, 2.45) is 5.92 Å². The zero-order valence-electron chi connectivity index (χ0n) is 20.9. The summed E-state index contributed by atoms with van der Waals surface area (Å²) in [6.45, 7) is 2.02. The van der Waals surface area contributed by atoms with Crippen LogP contribution < -0.4 is 15.0 Å². The van der Waals surface area contributed by atoms with Crippen LogP contribution in [0.2, 0.25) is 0 Å². The van der Waals surface area contributed by atoms with E-state index in [2.05, 4.69) is 9.88 Å². The van der Waals surface area contributed by atoms with Crippen LogP contribution in [0.15, 0.2) is 36.4 Å². The molecule has 9 nitrogen and oxygen atoms in total. The Hall–Kier alpha value is -3.75. The van der Waals surface area contributed by atoms with Gasteiger partial charge in [0.25, 0.3) is 0 Å². The van der Waals surface area contributed by atoms with Crippen molar-refractivity contribution >= 4 is 40.4 Å². The zero-order chi connectivity index (χ0) is 25.4. The van der Waals surface area contributed by atoms with Crippen molar-refractivity contribution in [3.05, 3.63) is 42.0 Å². The number of methoxy groups -OCH3 is 2. The number of hydrogen-bond donors (Lipinski definition) is 2. The number of carboxylic acid groups (broad SMARTS) is 1. The highest BCUT2D eigenvalue weighted by atomic mass is 16.5. The minimum atomic E-state index is -0.744. The molecule has 190 valence electrons. The number of imidazole rings is 1. The zero-order valence-corrected chi connectivity index (χ0v) is 20.9.